The van der Waals surface area contributed by atoms with Crippen LogP contribution in [0.25, 0.3) is 16.2 Å². The summed E-state index contributed by atoms with van der Waals surface area (Å²) < 4.78 is 39.7. The monoisotopic (exact) mass is 381 g/mol. The molecule has 1 saturated heterocycles. The Labute approximate surface area is 150 Å². The number of halogens is 3. The number of fused-ring (bicyclic) bond motifs is 1. The molecule has 1 aromatic carbocycles. The molecule has 26 heavy (non-hydrogen) atoms. The van der Waals surface area contributed by atoms with Gasteiger partial charge in [-0.25, -0.2) is 4.98 Å². The molecule has 0 aliphatic carbocycles. The second-order valence-corrected chi connectivity index (χ2v) is 7.00. The Bertz CT molecular complexity index is 962. The van der Waals surface area contributed by atoms with Gasteiger partial charge in [0.25, 0.3) is 5.91 Å². The third kappa shape index (κ3) is 2.97. The maximum absolute atomic E-state index is 12.7. The molecule has 1 N–H and O–H groups in total. The number of benzene rings is 1. The number of thiazole rings is 1. The molecular formula is C17H14F3N3O2S. The molecular weight excluding hydrogens is 367 g/mol. The Hall–Kier alpha value is -2.39. The highest BCUT2D eigenvalue weighted by atomic mass is 32.1. The first-order valence-electron chi connectivity index (χ1n) is 7.94. The van der Waals surface area contributed by atoms with Crippen molar-refractivity contribution >= 4 is 22.2 Å². The van der Waals surface area contributed by atoms with Gasteiger partial charge in [0.15, 0.2) is 4.96 Å². The fourth-order valence-electron chi connectivity index (χ4n) is 3.00. The smallest absolute Gasteiger partial charge is 0.391 e. The minimum atomic E-state index is -4.38. The van der Waals surface area contributed by atoms with Crippen molar-refractivity contribution in [3.63, 3.8) is 0 Å². The first kappa shape index (κ1) is 17.0. The SMILES string of the molecule is O=C(c1csc2nc(-c3ccc(C(F)(F)F)cc3)cn12)N1CC[C@@H](O)C1. The Kier molecular flexibility index (Phi) is 4.00. The molecule has 0 spiro atoms. The van der Waals surface area contributed by atoms with Gasteiger partial charge < -0.3 is 10.0 Å². The Morgan fingerprint density at radius 1 is 1.27 bits per heavy atom. The van der Waals surface area contributed by atoms with Gasteiger partial charge in [-0.15, -0.1) is 11.3 Å². The second kappa shape index (κ2) is 6.10. The van der Waals surface area contributed by atoms with Crippen molar-refractivity contribution in [2.45, 2.75) is 18.7 Å². The van der Waals surface area contributed by atoms with Crippen LogP contribution in [0, 0.1) is 0 Å². The standard InChI is InChI=1S/C17H14F3N3O2S/c18-17(19,20)11-3-1-10(2-4-11)13-8-23-14(9-26-16(23)21-13)15(25)22-6-5-12(24)7-22/h1-4,8-9,12,24H,5-7H2/t12-/m1/s1. The fourth-order valence-corrected chi connectivity index (χ4v) is 3.84. The number of hydrogen-bond donors (Lipinski definition) is 1. The number of likely N-dealkylation sites (tertiary alicyclic amines) is 1. The van der Waals surface area contributed by atoms with E-state index in [0.717, 1.165) is 12.1 Å². The van der Waals surface area contributed by atoms with Gasteiger partial charge in [-0.2, -0.15) is 13.2 Å². The normalized spacial score (nSPS) is 18.0. The van der Waals surface area contributed by atoms with E-state index >= 15 is 0 Å². The number of β-amino-alcohol motifs (C(OH)–C–C–N with tert-alkyl or cyclic N) is 1. The van der Waals surface area contributed by atoms with Crippen LogP contribution in [0.2, 0.25) is 0 Å². The number of carbonyl (C=O) groups excluding carboxylic acids is 1. The van der Waals surface area contributed by atoms with Gasteiger partial charge in [-0.05, 0) is 18.6 Å². The van der Waals surface area contributed by atoms with Crippen LogP contribution in [0.5, 0.6) is 0 Å². The zero-order valence-electron chi connectivity index (χ0n) is 13.4. The van der Waals surface area contributed by atoms with E-state index < -0.39 is 17.8 Å². The van der Waals surface area contributed by atoms with Crippen LogP contribution >= 0.6 is 11.3 Å². The molecule has 1 amide bonds. The highest BCUT2D eigenvalue weighted by Gasteiger charge is 2.30. The van der Waals surface area contributed by atoms with Crippen molar-refractivity contribution in [3.8, 4) is 11.3 Å². The number of aromatic nitrogens is 2. The zero-order valence-corrected chi connectivity index (χ0v) is 14.2. The summed E-state index contributed by atoms with van der Waals surface area (Å²) in [7, 11) is 0. The molecule has 1 fully saturated rings. The van der Waals surface area contributed by atoms with Crippen molar-refractivity contribution < 1.29 is 23.1 Å². The molecule has 0 radical (unpaired) electrons. The van der Waals surface area contributed by atoms with Gasteiger partial charge in [0, 0.05) is 30.2 Å². The average Bonchev–Trinajstić information content (AvgIpc) is 3.28. The van der Waals surface area contributed by atoms with Crippen LogP contribution in [0.1, 0.15) is 22.5 Å². The van der Waals surface area contributed by atoms with Gasteiger partial charge in [-0.3, -0.25) is 9.20 Å². The predicted molar refractivity (Wildman–Crippen MR) is 90.0 cm³/mol. The largest absolute Gasteiger partial charge is 0.416 e. The van der Waals surface area contributed by atoms with Crippen molar-refractivity contribution in [1.82, 2.24) is 14.3 Å². The predicted octanol–water partition coefficient (Wildman–Crippen LogP) is 3.29. The Balaban J connectivity index is 1.64. The first-order chi connectivity index (χ1) is 12.3. The quantitative estimate of drug-likeness (QED) is 0.741. The van der Waals surface area contributed by atoms with Gasteiger partial charge in [0.05, 0.1) is 17.4 Å². The Morgan fingerprint density at radius 3 is 2.62 bits per heavy atom. The third-order valence-corrected chi connectivity index (χ3v) is 5.23. The summed E-state index contributed by atoms with van der Waals surface area (Å²) in [5.41, 5.74) is 0.764. The lowest BCUT2D eigenvalue weighted by atomic mass is 10.1. The lowest BCUT2D eigenvalue weighted by Crippen LogP contribution is -2.30. The topological polar surface area (TPSA) is 57.8 Å². The summed E-state index contributed by atoms with van der Waals surface area (Å²) in [6.07, 6.45) is -2.68. The number of rotatable bonds is 2. The van der Waals surface area contributed by atoms with E-state index in [1.807, 2.05) is 0 Å². The van der Waals surface area contributed by atoms with Crippen LogP contribution in [-0.2, 0) is 6.18 Å². The minimum absolute atomic E-state index is 0.191. The molecule has 1 aliphatic heterocycles. The molecule has 4 rings (SSSR count). The van der Waals surface area contributed by atoms with Crippen LogP contribution in [-0.4, -0.2) is 44.5 Å². The van der Waals surface area contributed by atoms with Crippen molar-refractivity contribution in [2.75, 3.05) is 13.1 Å². The average molecular weight is 381 g/mol. The molecule has 0 bridgehead atoms. The van der Waals surface area contributed by atoms with Gasteiger partial charge in [-0.1, -0.05) is 12.1 Å². The number of imidazole rings is 1. The number of carbonyl (C=O) groups is 1. The van der Waals surface area contributed by atoms with E-state index in [4.69, 9.17) is 0 Å². The van der Waals surface area contributed by atoms with Crippen molar-refractivity contribution in [1.29, 1.82) is 0 Å². The van der Waals surface area contributed by atoms with E-state index in [1.54, 1.807) is 20.9 Å². The van der Waals surface area contributed by atoms with E-state index in [1.165, 1.54) is 23.5 Å². The number of nitrogens with zero attached hydrogens (tertiary/aromatic N) is 3. The zero-order chi connectivity index (χ0) is 18.5. The van der Waals surface area contributed by atoms with E-state index in [2.05, 4.69) is 4.98 Å². The van der Waals surface area contributed by atoms with E-state index in [-0.39, 0.29) is 5.91 Å². The molecule has 0 saturated carbocycles. The van der Waals surface area contributed by atoms with E-state index in [0.29, 0.717) is 41.4 Å². The number of aliphatic hydroxyl groups is 1. The van der Waals surface area contributed by atoms with E-state index in [9.17, 15) is 23.1 Å². The number of alkyl halides is 3. The molecule has 2 aromatic heterocycles. The summed E-state index contributed by atoms with van der Waals surface area (Å²) >= 11 is 1.29. The fraction of sp³-hybridized carbons (Fsp3) is 0.294. The maximum atomic E-state index is 12.7. The van der Waals surface area contributed by atoms with Gasteiger partial charge >= 0.3 is 6.18 Å². The summed E-state index contributed by atoms with van der Waals surface area (Å²) in [6.45, 7) is 0.800. The third-order valence-electron chi connectivity index (χ3n) is 4.39. The molecule has 1 aliphatic rings. The number of hydrogen-bond acceptors (Lipinski definition) is 4. The summed E-state index contributed by atoms with van der Waals surface area (Å²) in [4.78, 5) is 19.2. The summed E-state index contributed by atoms with van der Waals surface area (Å²) in [5.74, 6) is -0.191. The summed E-state index contributed by atoms with van der Waals surface area (Å²) in [5, 5.41) is 11.3. The Morgan fingerprint density at radius 2 is 2.00 bits per heavy atom. The molecule has 3 heterocycles. The van der Waals surface area contributed by atoms with Crippen molar-refractivity contribution in [2.24, 2.45) is 0 Å². The minimum Gasteiger partial charge on any atom is -0.391 e. The molecule has 5 nitrogen and oxygen atoms in total. The lowest BCUT2D eigenvalue weighted by Gasteiger charge is -2.14. The second-order valence-electron chi connectivity index (χ2n) is 6.17. The first-order valence-corrected chi connectivity index (χ1v) is 8.82. The molecule has 136 valence electrons. The number of amides is 1. The highest BCUT2D eigenvalue weighted by Crippen LogP contribution is 2.31. The van der Waals surface area contributed by atoms with Crippen LogP contribution < -0.4 is 0 Å². The van der Waals surface area contributed by atoms with Crippen LogP contribution in [0.3, 0.4) is 0 Å². The molecule has 9 heteroatoms. The molecule has 0 unspecified atom stereocenters. The lowest BCUT2D eigenvalue weighted by molar-refractivity contribution is -0.137. The van der Waals surface area contributed by atoms with Crippen molar-refractivity contribution in [3.05, 3.63) is 47.1 Å². The maximum Gasteiger partial charge on any atom is 0.416 e. The molecule has 3 aromatic rings. The van der Waals surface area contributed by atoms with Crippen LogP contribution in [0.15, 0.2) is 35.8 Å². The van der Waals surface area contributed by atoms with Crippen LogP contribution in [0.4, 0.5) is 13.2 Å². The van der Waals surface area contributed by atoms with Gasteiger partial charge in [0.1, 0.15) is 5.69 Å². The highest BCUT2D eigenvalue weighted by molar-refractivity contribution is 7.15. The number of aliphatic hydroxyl groups excluding tert-OH is 1. The molecule has 1 atom stereocenters. The summed E-state index contributed by atoms with van der Waals surface area (Å²) in [6, 6.07) is 4.77. The van der Waals surface area contributed by atoms with Gasteiger partial charge in [0.2, 0.25) is 0 Å².